The number of alkyl halides is 3. The topological polar surface area (TPSA) is 62.7 Å². The number of fused-ring (bicyclic) bond motifs is 1. The number of amides is 1. The van der Waals surface area contributed by atoms with Crippen LogP contribution >= 0.6 is 15.9 Å². The van der Waals surface area contributed by atoms with Gasteiger partial charge in [-0.3, -0.25) is 14.5 Å². The van der Waals surface area contributed by atoms with E-state index in [1.165, 1.54) is 19.2 Å². The predicted octanol–water partition coefficient (Wildman–Crippen LogP) is 5.86. The van der Waals surface area contributed by atoms with Crippen molar-refractivity contribution in [3.05, 3.63) is 75.1 Å². The number of hydrogen-bond acceptors (Lipinski definition) is 5. The van der Waals surface area contributed by atoms with Gasteiger partial charge in [0.15, 0.2) is 17.9 Å². The maximum absolute atomic E-state index is 14.4. The number of rotatable bonds is 4. The van der Waals surface area contributed by atoms with Gasteiger partial charge in [0.25, 0.3) is 5.91 Å². The van der Waals surface area contributed by atoms with E-state index in [-0.39, 0.29) is 28.1 Å². The molecule has 0 saturated heterocycles. The van der Waals surface area contributed by atoms with Crippen LogP contribution < -0.4 is 14.5 Å². The molecule has 3 aromatic rings. The molecule has 1 aromatic heterocycles. The van der Waals surface area contributed by atoms with Gasteiger partial charge in [-0.25, -0.2) is 18.2 Å². The molecule has 1 aliphatic rings. The van der Waals surface area contributed by atoms with Gasteiger partial charge in [0, 0.05) is 6.07 Å². The van der Waals surface area contributed by atoms with Crippen LogP contribution in [0.2, 0.25) is 0 Å². The molecule has 1 amide bonds. The number of hydrogen-bond donors (Lipinski definition) is 0. The van der Waals surface area contributed by atoms with Crippen molar-refractivity contribution in [2.24, 2.45) is 0 Å². The molecule has 0 atom stereocenters. The summed E-state index contributed by atoms with van der Waals surface area (Å²) >= 11 is 3.18. The van der Waals surface area contributed by atoms with Crippen LogP contribution in [0.15, 0.2) is 41.0 Å². The first-order valence-electron chi connectivity index (χ1n) is 9.61. The van der Waals surface area contributed by atoms with E-state index >= 15 is 0 Å². The summed E-state index contributed by atoms with van der Waals surface area (Å²) in [6.07, 6.45) is -5.12. The van der Waals surface area contributed by atoms with Crippen LogP contribution in [0.3, 0.4) is 0 Å². The number of nitrogens with zero attached hydrogens (tertiary/aromatic N) is 3. The number of halogens is 7. The van der Waals surface area contributed by atoms with Crippen molar-refractivity contribution in [3.63, 3.8) is 0 Å². The van der Waals surface area contributed by atoms with E-state index in [9.17, 15) is 35.9 Å². The molecular formula is C22H12BrF6N3O3. The van der Waals surface area contributed by atoms with Crippen LogP contribution in [0.1, 0.15) is 26.3 Å². The lowest BCUT2D eigenvalue weighted by atomic mass is 10.0. The molecule has 2 heterocycles. The van der Waals surface area contributed by atoms with Crippen molar-refractivity contribution in [1.29, 1.82) is 0 Å². The lowest BCUT2D eigenvalue weighted by Crippen LogP contribution is -2.45. The number of benzene rings is 2. The van der Waals surface area contributed by atoms with Gasteiger partial charge < -0.3 is 9.64 Å². The molecule has 4 rings (SSSR count). The first-order valence-corrected chi connectivity index (χ1v) is 10.4. The normalized spacial score (nSPS) is 13.7. The van der Waals surface area contributed by atoms with E-state index in [1.54, 1.807) is 0 Å². The van der Waals surface area contributed by atoms with Gasteiger partial charge >= 0.3 is 6.18 Å². The van der Waals surface area contributed by atoms with Crippen molar-refractivity contribution in [1.82, 2.24) is 4.98 Å². The maximum Gasteiger partial charge on any atom is 0.419 e. The standard InChI is InChI=1S/C22H12BrF6N3O3/c1-35-18-5-4-16(20(23)30-18)32-9-31(15-3-2-13(24)19(26)11(15)8-33)17-7-12(22(27,28)29)14(25)6-10(17)21(32)34/h2-8H,9H2,1H3. The van der Waals surface area contributed by atoms with Crippen molar-refractivity contribution >= 4 is 45.2 Å². The largest absolute Gasteiger partial charge is 0.481 e. The average Bonchev–Trinajstić information content (AvgIpc) is 2.80. The minimum absolute atomic E-state index is 0.00671. The zero-order chi connectivity index (χ0) is 25.7. The van der Waals surface area contributed by atoms with Crippen LogP contribution in [-0.4, -0.2) is 31.0 Å². The van der Waals surface area contributed by atoms with Crippen LogP contribution in [0.5, 0.6) is 5.88 Å². The number of carbonyl (C=O) groups excluding carboxylic acids is 2. The Balaban J connectivity index is 1.98. The average molecular weight is 560 g/mol. The monoisotopic (exact) mass is 559 g/mol. The van der Waals surface area contributed by atoms with E-state index < -0.39 is 58.6 Å². The number of methoxy groups -OCH3 is 1. The molecule has 0 aliphatic carbocycles. The highest BCUT2D eigenvalue weighted by Gasteiger charge is 2.40. The zero-order valence-electron chi connectivity index (χ0n) is 17.5. The molecular weight excluding hydrogens is 548 g/mol. The third kappa shape index (κ3) is 4.20. The maximum atomic E-state index is 14.4. The Bertz CT molecular complexity index is 1370. The third-order valence-corrected chi connectivity index (χ3v) is 5.85. The molecule has 2 aromatic carbocycles. The minimum atomic E-state index is -5.12. The predicted molar refractivity (Wildman–Crippen MR) is 115 cm³/mol. The van der Waals surface area contributed by atoms with E-state index in [4.69, 9.17) is 4.74 Å². The summed E-state index contributed by atoms with van der Waals surface area (Å²) in [6.45, 7) is -0.548. The van der Waals surface area contributed by atoms with Gasteiger partial charge in [0.2, 0.25) is 5.88 Å². The number of carbonyl (C=O) groups is 2. The molecule has 6 nitrogen and oxygen atoms in total. The molecule has 0 fully saturated rings. The summed E-state index contributed by atoms with van der Waals surface area (Å²) in [5.74, 6) is -5.33. The van der Waals surface area contributed by atoms with Gasteiger partial charge in [-0.1, -0.05) is 0 Å². The van der Waals surface area contributed by atoms with Gasteiger partial charge in [0.05, 0.1) is 40.9 Å². The Kier molecular flexibility index (Phi) is 6.21. The molecule has 0 saturated carbocycles. The number of ether oxygens (including phenoxy) is 1. The molecule has 13 heteroatoms. The summed E-state index contributed by atoms with van der Waals surface area (Å²) in [7, 11) is 1.35. The molecule has 182 valence electrons. The summed E-state index contributed by atoms with van der Waals surface area (Å²) in [5, 5.41) is 0. The summed E-state index contributed by atoms with van der Waals surface area (Å²) < 4.78 is 88.0. The van der Waals surface area contributed by atoms with E-state index in [0.717, 1.165) is 15.9 Å². The second kappa shape index (κ2) is 8.87. The van der Waals surface area contributed by atoms with Crippen LogP contribution in [0.4, 0.5) is 43.4 Å². The lowest BCUT2D eigenvalue weighted by molar-refractivity contribution is -0.139. The van der Waals surface area contributed by atoms with Crippen molar-refractivity contribution in [2.75, 3.05) is 23.6 Å². The molecule has 0 spiro atoms. The number of aromatic nitrogens is 1. The van der Waals surface area contributed by atoms with E-state index in [0.29, 0.717) is 18.2 Å². The van der Waals surface area contributed by atoms with Crippen LogP contribution in [0, 0.1) is 17.5 Å². The molecule has 0 N–H and O–H groups in total. The fraction of sp³-hybridized carbons (Fsp3) is 0.136. The van der Waals surface area contributed by atoms with Crippen LogP contribution in [-0.2, 0) is 6.18 Å². The third-order valence-electron chi connectivity index (χ3n) is 5.26. The number of pyridine rings is 1. The first kappa shape index (κ1) is 24.5. The van der Waals surface area contributed by atoms with Crippen molar-refractivity contribution < 1.29 is 40.7 Å². The Hall–Kier alpha value is -3.61. The van der Waals surface area contributed by atoms with Crippen LogP contribution in [0.25, 0.3) is 0 Å². The molecule has 0 radical (unpaired) electrons. The van der Waals surface area contributed by atoms with Gasteiger partial charge in [-0.05, 0) is 46.3 Å². The Morgan fingerprint density at radius 1 is 1.00 bits per heavy atom. The molecule has 0 unspecified atom stereocenters. The fourth-order valence-electron chi connectivity index (χ4n) is 3.62. The first-order chi connectivity index (χ1) is 16.5. The Morgan fingerprint density at radius 3 is 2.29 bits per heavy atom. The van der Waals surface area contributed by atoms with Crippen molar-refractivity contribution in [2.45, 2.75) is 6.18 Å². The summed E-state index contributed by atoms with van der Waals surface area (Å²) in [5.41, 5.74) is -3.66. The number of anilines is 3. The SMILES string of the molecule is COc1ccc(N2CN(c3ccc(F)c(F)c3C=O)c3cc(C(F)(F)F)c(F)cc3C2=O)c(Br)n1. The Labute approximate surface area is 201 Å². The molecule has 35 heavy (non-hydrogen) atoms. The summed E-state index contributed by atoms with van der Waals surface area (Å²) in [6, 6.07) is 5.25. The second-order valence-electron chi connectivity index (χ2n) is 7.23. The highest BCUT2D eigenvalue weighted by Crippen LogP contribution is 2.43. The van der Waals surface area contributed by atoms with Gasteiger partial charge in [-0.15, -0.1) is 0 Å². The highest BCUT2D eigenvalue weighted by atomic mass is 79.9. The van der Waals surface area contributed by atoms with E-state index in [2.05, 4.69) is 20.9 Å². The quantitative estimate of drug-likeness (QED) is 0.228. The second-order valence-corrected chi connectivity index (χ2v) is 7.98. The fourth-order valence-corrected chi connectivity index (χ4v) is 4.14. The van der Waals surface area contributed by atoms with Gasteiger partial charge in [0.1, 0.15) is 17.1 Å². The number of aldehydes is 1. The Morgan fingerprint density at radius 2 is 1.69 bits per heavy atom. The smallest absolute Gasteiger partial charge is 0.419 e. The highest BCUT2D eigenvalue weighted by molar-refractivity contribution is 9.10. The minimum Gasteiger partial charge on any atom is -0.481 e. The van der Waals surface area contributed by atoms with Gasteiger partial charge in [-0.2, -0.15) is 13.2 Å². The van der Waals surface area contributed by atoms with Crippen molar-refractivity contribution in [3.8, 4) is 5.88 Å². The lowest BCUT2D eigenvalue weighted by Gasteiger charge is -2.39. The summed E-state index contributed by atoms with van der Waals surface area (Å²) in [4.78, 5) is 30.9. The molecule has 1 aliphatic heterocycles. The zero-order valence-corrected chi connectivity index (χ0v) is 19.0. The van der Waals surface area contributed by atoms with E-state index in [1.807, 2.05) is 0 Å². The molecule has 0 bridgehead atoms.